The van der Waals surface area contributed by atoms with Gasteiger partial charge in [0.1, 0.15) is 11.1 Å². The highest BCUT2D eigenvalue weighted by Crippen LogP contribution is 2.06. The maximum Gasteiger partial charge on any atom is 0.132 e. The van der Waals surface area contributed by atoms with E-state index in [2.05, 4.69) is 21.3 Å². The molecule has 0 aliphatic rings. The molecule has 1 heterocycles. The molecule has 0 saturated carbocycles. The lowest BCUT2D eigenvalue weighted by Gasteiger charge is -1.76. The van der Waals surface area contributed by atoms with Crippen LogP contribution in [-0.4, -0.2) is 0 Å². The minimum absolute atomic E-state index is 0.722. The zero-order chi connectivity index (χ0) is 5.11. The molecule has 2 radical (unpaired) electrons. The van der Waals surface area contributed by atoms with E-state index in [0.717, 1.165) is 5.76 Å². The van der Waals surface area contributed by atoms with E-state index in [-0.39, 0.29) is 0 Å². The van der Waals surface area contributed by atoms with Crippen LogP contribution in [0.3, 0.4) is 0 Å². The molecule has 1 nitrogen and oxygen atoms in total. The fourth-order valence-corrected chi connectivity index (χ4v) is 0.558. The largest absolute Gasteiger partial charge is 0.468 e. The van der Waals surface area contributed by atoms with Gasteiger partial charge >= 0.3 is 0 Å². The van der Waals surface area contributed by atoms with Gasteiger partial charge in [-0.15, -0.1) is 0 Å². The molecule has 0 aromatic carbocycles. The first-order valence-corrected chi connectivity index (χ1v) is 2.63. The van der Waals surface area contributed by atoms with Crippen molar-refractivity contribution in [3.63, 3.8) is 0 Å². The fourth-order valence-electron chi connectivity index (χ4n) is 0.332. The zero-order valence-corrected chi connectivity index (χ0v) is 5.10. The van der Waals surface area contributed by atoms with Gasteiger partial charge in [0.2, 0.25) is 0 Å². The molecular weight excluding hydrogens is 156 g/mol. The van der Waals surface area contributed by atoms with Gasteiger partial charge in [0.15, 0.2) is 0 Å². The molecule has 7 heavy (non-hydrogen) atoms. The van der Waals surface area contributed by atoms with Crippen LogP contribution in [0, 0.1) is 5.33 Å². The Morgan fingerprint density at radius 3 is 2.86 bits per heavy atom. The first kappa shape index (κ1) is 4.91. The summed E-state index contributed by atoms with van der Waals surface area (Å²) in [6, 6.07) is 3.62. The van der Waals surface area contributed by atoms with Crippen LogP contribution in [0.2, 0.25) is 0 Å². The molecule has 1 rings (SSSR count). The molecule has 0 fully saturated rings. The Labute approximate surface area is 50.5 Å². The predicted octanol–water partition coefficient (Wildman–Crippen LogP) is 2.06. The normalized spacial score (nSPS) is 9.29. The highest BCUT2D eigenvalue weighted by molar-refractivity contribution is 9.10. The molecule has 0 atom stereocenters. The second kappa shape index (κ2) is 2.17. The van der Waals surface area contributed by atoms with E-state index in [1.807, 2.05) is 12.1 Å². The first-order chi connectivity index (χ1) is 3.43. The Kier molecular flexibility index (Phi) is 1.52. The van der Waals surface area contributed by atoms with Crippen molar-refractivity contribution in [1.29, 1.82) is 0 Å². The molecule has 0 unspecified atom stereocenters. The van der Waals surface area contributed by atoms with Gasteiger partial charge in [-0.3, -0.25) is 0 Å². The summed E-state index contributed by atoms with van der Waals surface area (Å²) in [5, 5.41) is 2.65. The maximum atomic E-state index is 4.82. The zero-order valence-electron chi connectivity index (χ0n) is 3.52. The Morgan fingerprint density at radius 1 is 1.71 bits per heavy atom. The highest BCUT2D eigenvalue weighted by atomic mass is 79.9. The van der Waals surface area contributed by atoms with E-state index >= 15 is 0 Å². The molecule has 1 aromatic heterocycles. The average Bonchev–Trinajstić information content (AvgIpc) is 2.14. The summed E-state index contributed by atoms with van der Waals surface area (Å²) < 4.78 is 4.82. The maximum absolute atomic E-state index is 4.82. The van der Waals surface area contributed by atoms with Gasteiger partial charge in [-0.25, -0.2) is 0 Å². The standard InChI is InChI=1S/C5H3BrO/c6-4-5-2-1-3-7-5/h1-3H. The summed E-state index contributed by atoms with van der Waals surface area (Å²) in [5.74, 6) is 0.722. The molecule has 0 amide bonds. The van der Waals surface area contributed by atoms with E-state index in [0.29, 0.717) is 0 Å². The van der Waals surface area contributed by atoms with Gasteiger partial charge in [0.05, 0.1) is 6.26 Å². The van der Waals surface area contributed by atoms with Crippen LogP contribution in [0.1, 0.15) is 5.76 Å². The minimum atomic E-state index is 0.722. The molecule has 36 valence electrons. The van der Waals surface area contributed by atoms with Gasteiger partial charge in [0, 0.05) is 0 Å². The quantitative estimate of drug-likeness (QED) is 0.611. The predicted molar refractivity (Wildman–Crippen MR) is 30.0 cm³/mol. The highest BCUT2D eigenvalue weighted by Gasteiger charge is 1.87. The van der Waals surface area contributed by atoms with Crippen molar-refractivity contribution >= 4 is 15.9 Å². The third-order valence-electron chi connectivity index (χ3n) is 0.614. The van der Waals surface area contributed by atoms with Gasteiger partial charge in [-0.05, 0) is 12.1 Å². The summed E-state index contributed by atoms with van der Waals surface area (Å²) in [7, 11) is 0. The summed E-state index contributed by atoms with van der Waals surface area (Å²) in [6.07, 6.45) is 1.60. The lowest BCUT2D eigenvalue weighted by atomic mass is 10.5. The molecule has 0 aliphatic heterocycles. The first-order valence-electron chi connectivity index (χ1n) is 1.83. The van der Waals surface area contributed by atoms with Crippen molar-refractivity contribution < 1.29 is 4.42 Å². The average molecular weight is 159 g/mol. The number of rotatable bonds is 1. The van der Waals surface area contributed by atoms with Crippen molar-refractivity contribution in [2.45, 2.75) is 0 Å². The van der Waals surface area contributed by atoms with E-state index in [9.17, 15) is 0 Å². The number of halogens is 1. The molecule has 0 N–H and O–H groups in total. The van der Waals surface area contributed by atoms with Gasteiger partial charge < -0.3 is 4.42 Å². The number of furan rings is 1. The van der Waals surface area contributed by atoms with E-state index in [4.69, 9.17) is 4.42 Å². The van der Waals surface area contributed by atoms with Crippen molar-refractivity contribution in [2.24, 2.45) is 0 Å². The number of hydrogen-bond acceptors (Lipinski definition) is 1. The SMILES string of the molecule is Br[C]c1ccco1. The topological polar surface area (TPSA) is 13.1 Å². The van der Waals surface area contributed by atoms with E-state index in [1.54, 1.807) is 6.26 Å². The van der Waals surface area contributed by atoms with E-state index in [1.165, 1.54) is 0 Å². The molecule has 0 aliphatic carbocycles. The smallest absolute Gasteiger partial charge is 0.132 e. The van der Waals surface area contributed by atoms with Crippen molar-refractivity contribution in [3.05, 3.63) is 29.5 Å². The Morgan fingerprint density at radius 2 is 2.57 bits per heavy atom. The van der Waals surface area contributed by atoms with Crippen LogP contribution in [-0.2, 0) is 0 Å². The van der Waals surface area contributed by atoms with Crippen LogP contribution in [0.25, 0.3) is 0 Å². The Balaban J connectivity index is 2.76. The molecule has 1 aromatic rings. The summed E-state index contributed by atoms with van der Waals surface area (Å²) >= 11 is 2.99. The fraction of sp³-hybridized carbons (Fsp3) is 0. The monoisotopic (exact) mass is 158 g/mol. The van der Waals surface area contributed by atoms with Gasteiger partial charge in [-0.2, -0.15) is 0 Å². The summed E-state index contributed by atoms with van der Waals surface area (Å²) in [5.41, 5.74) is 0. The van der Waals surface area contributed by atoms with E-state index < -0.39 is 0 Å². The van der Waals surface area contributed by atoms with Crippen molar-refractivity contribution in [1.82, 2.24) is 0 Å². The molecule has 2 heteroatoms. The van der Waals surface area contributed by atoms with Crippen LogP contribution in [0.15, 0.2) is 22.8 Å². The van der Waals surface area contributed by atoms with Crippen LogP contribution in [0.5, 0.6) is 0 Å². The van der Waals surface area contributed by atoms with Crippen molar-refractivity contribution in [2.75, 3.05) is 0 Å². The third-order valence-corrected chi connectivity index (χ3v) is 1.01. The Bertz CT molecular complexity index is 123. The lowest BCUT2D eigenvalue weighted by Crippen LogP contribution is -1.57. The minimum Gasteiger partial charge on any atom is -0.468 e. The summed E-state index contributed by atoms with van der Waals surface area (Å²) in [4.78, 5) is 0. The Hall–Kier alpha value is -0.240. The number of hydrogen-bond donors (Lipinski definition) is 0. The molecule has 0 bridgehead atoms. The summed E-state index contributed by atoms with van der Waals surface area (Å²) in [6.45, 7) is 0. The van der Waals surface area contributed by atoms with Crippen molar-refractivity contribution in [3.8, 4) is 0 Å². The molecule has 0 spiro atoms. The second-order valence-electron chi connectivity index (χ2n) is 1.07. The van der Waals surface area contributed by atoms with Crippen LogP contribution >= 0.6 is 15.9 Å². The van der Waals surface area contributed by atoms with Gasteiger partial charge in [0.25, 0.3) is 0 Å². The third kappa shape index (κ3) is 1.06. The van der Waals surface area contributed by atoms with Crippen LogP contribution < -0.4 is 0 Å². The van der Waals surface area contributed by atoms with Crippen LogP contribution in [0.4, 0.5) is 0 Å². The lowest BCUT2D eigenvalue weighted by molar-refractivity contribution is 0.547. The second-order valence-corrected chi connectivity index (χ2v) is 1.47. The van der Waals surface area contributed by atoms with Gasteiger partial charge in [-0.1, -0.05) is 15.9 Å². The molecular formula is C5H3BrO. The molecule has 0 saturated heterocycles.